The summed E-state index contributed by atoms with van der Waals surface area (Å²) < 4.78 is 4.95. The third-order valence-electron chi connectivity index (χ3n) is 2.25. The highest BCUT2D eigenvalue weighted by atomic mass is 16.5. The molecule has 0 aromatic rings. The van der Waals surface area contributed by atoms with Crippen LogP contribution in [0.25, 0.3) is 0 Å². The molecule has 74 valence electrons. The molecule has 0 spiro atoms. The van der Waals surface area contributed by atoms with Crippen LogP contribution < -0.4 is 0 Å². The van der Waals surface area contributed by atoms with Crippen molar-refractivity contribution in [3.8, 4) is 0 Å². The lowest BCUT2D eigenvalue weighted by molar-refractivity contribution is 0.0942. The number of hydrogen-bond acceptors (Lipinski definition) is 2. The van der Waals surface area contributed by atoms with Crippen molar-refractivity contribution in [2.45, 2.75) is 45.6 Å². The summed E-state index contributed by atoms with van der Waals surface area (Å²) in [5, 5.41) is 9.58. The molecule has 1 N–H and O–H groups in total. The number of rotatable bonds is 7. The summed E-state index contributed by atoms with van der Waals surface area (Å²) in [7, 11) is 1.72. The van der Waals surface area contributed by atoms with E-state index in [9.17, 15) is 5.11 Å². The van der Waals surface area contributed by atoms with Crippen LogP contribution in [0.2, 0.25) is 0 Å². The average molecular weight is 174 g/mol. The van der Waals surface area contributed by atoms with Gasteiger partial charge in [-0.2, -0.15) is 0 Å². The van der Waals surface area contributed by atoms with Gasteiger partial charge in [0.2, 0.25) is 0 Å². The highest BCUT2D eigenvalue weighted by Crippen LogP contribution is 2.14. The zero-order valence-corrected chi connectivity index (χ0v) is 8.55. The van der Waals surface area contributed by atoms with E-state index in [1.54, 1.807) is 7.11 Å². The molecule has 0 aromatic heterocycles. The van der Waals surface area contributed by atoms with E-state index in [0.29, 0.717) is 5.92 Å². The Morgan fingerprint density at radius 2 is 2.00 bits per heavy atom. The topological polar surface area (TPSA) is 29.5 Å². The van der Waals surface area contributed by atoms with E-state index in [4.69, 9.17) is 4.74 Å². The normalized spacial score (nSPS) is 16.0. The Kier molecular flexibility index (Phi) is 7.51. The Morgan fingerprint density at radius 1 is 1.33 bits per heavy atom. The molecule has 0 heterocycles. The van der Waals surface area contributed by atoms with Crippen LogP contribution in [0.15, 0.2) is 0 Å². The van der Waals surface area contributed by atoms with Crippen molar-refractivity contribution >= 4 is 0 Å². The minimum Gasteiger partial charge on any atom is -0.393 e. The van der Waals surface area contributed by atoms with E-state index >= 15 is 0 Å². The fourth-order valence-electron chi connectivity index (χ4n) is 1.32. The van der Waals surface area contributed by atoms with Gasteiger partial charge in [0.25, 0.3) is 0 Å². The highest BCUT2D eigenvalue weighted by molar-refractivity contribution is 4.63. The van der Waals surface area contributed by atoms with Crippen LogP contribution in [-0.2, 0) is 4.74 Å². The summed E-state index contributed by atoms with van der Waals surface area (Å²) in [4.78, 5) is 0. The van der Waals surface area contributed by atoms with Crippen molar-refractivity contribution in [1.82, 2.24) is 0 Å². The molecule has 0 amide bonds. The number of ether oxygens (including phenoxy) is 1. The zero-order chi connectivity index (χ0) is 9.40. The Labute approximate surface area is 75.9 Å². The number of aliphatic hydroxyl groups is 1. The monoisotopic (exact) mass is 174 g/mol. The molecule has 0 aliphatic carbocycles. The second kappa shape index (κ2) is 7.56. The molecular weight excluding hydrogens is 152 g/mol. The van der Waals surface area contributed by atoms with E-state index in [0.717, 1.165) is 32.3 Å². The summed E-state index contributed by atoms with van der Waals surface area (Å²) in [5.74, 6) is 0.417. The summed E-state index contributed by atoms with van der Waals surface area (Å²) in [6.45, 7) is 5.02. The van der Waals surface area contributed by atoms with Crippen molar-refractivity contribution < 1.29 is 9.84 Å². The van der Waals surface area contributed by atoms with Crippen molar-refractivity contribution in [2.24, 2.45) is 5.92 Å². The quantitative estimate of drug-likeness (QED) is 0.600. The zero-order valence-electron chi connectivity index (χ0n) is 8.55. The molecule has 0 saturated carbocycles. The van der Waals surface area contributed by atoms with Gasteiger partial charge in [-0.05, 0) is 25.2 Å². The molecule has 0 radical (unpaired) electrons. The Bertz CT molecular complexity index is 93.8. The van der Waals surface area contributed by atoms with E-state index in [1.807, 2.05) is 0 Å². The number of hydrogen-bond donors (Lipinski definition) is 1. The first-order valence-corrected chi connectivity index (χ1v) is 4.89. The maximum absolute atomic E-state index is 9.58. The lowest BCUT2D eigenvalue weighted by Crippen LogP contribution is -2.17. The maximum Gasteiger partial charge on any atom is 0.0565 e. The van der Waals surface area contributed by atoms with Crippen LogP contribution in [0.3, 0.4) is 0 Å². The van der Waals surface area contributed by atoms with Gasteiger partial charge in [0.15, 0.2) is 0 Å². The summed E-state index contributed by atoms with van der Waals surface area (Å²) in [6.07, 6.45) is 3.99. The molecule has 0 bridgehead atoms. The summed E-state index contributed by atoms with van der Waals surface area (Å²) in [5.41, 5.74) is 0. The van der Waals surface area contributed by atoms with Crippen LogP contribution >= 0.6 is 0 Å². The van der Waals surface area contributed by atoms with Crippen LogP contribution in [0.5, 0.6) is 0 Å². The predicted molar refractivity (Wildman–Crippen MR) is 51.2 cm³/mol. The van der Waals surface area contributed by atoms with Gasteiger partial charge in [-0.3, -0.25) is 0 Å². The van der Waals surface area contributed by atoms with Gasteiger partial charge in [-0.15, -0.1) is 0 Å². The largest absolute Gasteiger partial charge is 0.393 e. The molecule has 0 aliphatic heterocycles. The Balaban J connectivity index is 3.35. The van der Waals surface area contributed by atoms with Crippen LogP contribution in [-0.4, -0.2) is 24.9 Å². The molecule has 0 aromatic carbocycles. The van der Waals surface area contributed by atoms with Gasteiger partial charge < -0.3 is 9.84 Å². The third-order valence-corrected chi connectivity index (χ3v) is 2.25. The minimum atomic E-state index is -0.119. The van der Waals surface area contributed by atoms with E-state index in [1.165, 1.54) is 0 Å². The van der Waals surface area contributed by atoms with Crippen molar-refractivity contribution in [3.63, 3.8) is 0 Å². The second-order valence-electron chi connectivity index (χ2n) is 3.47. The third kappa shape index (κ3) is 5.56. The van der Waals surface area contributed by atoms with Crippen LogP contribution in [0, 0.1) is 5.92 Å². The lowest BCUT2D eigenvalue weighted by atomic mass is 9.96. The number of methoxy groups -OCH3 is 1. The van der Waals surface area contributed by atoms with Crippen molar-refractivity contribution in [3.05, 3.63) is 0 Å². The molecule has 2 atom stereocenters. The molecular formula is C10H22O2. The molecule has 2 heteroatoms. The SMILES string of the molecule is CCCC(O)C(C)CCCOC. The van der Waals surface area contributed by atoms with Gasteiger partial charge in [0.1, 0.15) is 0 Å². The van der Waals surface area contributed by atoms with Crippen LogP contribution in [0.4, 0.5) is 0 Å². The van der Waals surface area contributed by atoms with Gasteiger partial charge >= 0.3 is 0 Å². The maximum atomic E-state index is 9.58. The fourth-order valence-corrected chi connectivity index (χ4v) is 1.32. The highest BCUT2D eigenvalue weighted by Gasteiger charge is 2.11. The van der Waals surface area contributed by atoms with Gasteiger partial charge in [0.05, 0.1) is 6.10 Å². The van der Waals surface area contributed by atoms with Gasteiger partial charge in [-0.1, -0.05) is 20.3 Å². The molecule has 0 fully saturated rings. The molecule has 0 aliphatic rings. The first-order chi connectivity index (χ1) is 5.72. The lowest BCUT2D eigenvalue weighted by Gasteiger charge is -2.17. The number of aliphatic hydroxyl groups excluding tert-OH is 1. The summed E-state index contributed by atoms with van der Waals surface area (Å²) >= 11 is 0. The average Bonchev–Trinajstić information content (AvgIpc) is 2.05. The Hall–Kier alpha value is -0.0800. The standard InChI is InChI=1S/C10H22O2/c1-4-6-10(11)9(2)7-5-8-12-3/h9-11H,4-8H2,1-3H3. The minimum absolute atomic E-state index is 0.119. The second-order valence-corrected chi connectivity index (χ2v) is 3.47. The molecule has 2 unspecified atom stereocenters. The van der Waals surface area contributed by atoms with Crippen LogP contribution in [0.1, 0.15) is 39.5 Å². The van der Waals surface area contributed by atoms with Gasteiger partial charge in [-0.25, -0.2) is 0 Å². The van der Waals surface area contributed by atoms with E-state index in [2.05, 4.69) is 13.8 Å². The molecule has 12 heavy (non-hydrogen) atoms. The van der Waals surface area contributed by atoms with E-state index < -0.39 is 0 Å². The molecule has 0 saturated heterocycles. The summed E-state index contributed by atoms with van der Waals surface area (Å²) in [6, 6.07) is 0. The van der Waals surface area contributed by atoms with Gasteiger partial charge in [0, 0.05) is 13.7 Å². The molecule has 0 rings (SSSR count). The first-order valence-electron chi connectivity index (χ1n) is 4.89. The first kappa shape index (κ1) is 11.9. The van der Waals surface area contributed by atoms with Crippen molar-refractivity contribution in [2.75, 3.05) is 13.7 Å². The molecule has 2 nitrogen and oxygen atoms in total. The Morgan fingerprint density at radius 3 is 2.50 bits per heavy atom. The fraction of sp³-hybridized carbons (Fsp3) is 1.00. The van der Waals surface area contributed by atoms with E-state index in [-0.39, 0.29) is 6.10 Å². The van der Waals surface area contributed by atoms with Crippen molar-refractivity contribution in [1.29, 1.82) is 0 Å². The smallest absolute Gasteiger partial charge is 0.0565 e. The predicted octanol–water partition coefficient (Wildman–Crippen LogP) is 2.21.